The number of anilines is 2. The molecule has 0 saturated heterocycles. The van der Waals surface area contributed by atoms with Crippen LogP contribution >= 0.6 is 0 Å². The number of aromatic nitrogens is 2. The van der Waals surface area contributed by atoms with Crippen molar-refractivity contribution in [2.24, 2.45) is 0 Å². The van der Waals surface area contributed by atoms with Gasteiger partial charge in [-0.05, 0) is 13.8 Å². The van der Waals surface area contributed by atoms with Crippen LogP contribution < -0.4 is 10.6 Å². The van der Waals surface area contributed by atoms with E-state index in [9.17, 15) is 10.1 Å². The van der Waals surface area contributed by atoms with Gasteiger partial charge in [0.15, 0.2) is 0 Å². The largest absolute Gasteiger partial charge is 0.395 e. The second-order valence-electron chi connectivity index (χ2n) is 3.70. The Labute approximate surface area is 98.2 Å². The molecule has 0 bridgehead atoms. The molecular formula is C9H15N5O3. The first kappa shape index (κ1) is 13.1. The second-order valence-corrected chi connectivity index (χ2v) is 3.70. The minimum Gasteiger partial charge on any atom is -0.395 e. The number of hydrogen-bond donors (Lipinski definition) is 2. The molecule has 0 aromatic carbocycles. The number of aliphatic hydroxyl groups excluding tert-OH is 1. The van der Waals surface area contributed by atoms with Crippen molar-refractivity contribution in [2.45, 2.75) is 19.9 Å². The molecule has 1 aromatic rings. The Morgan fingerprint density at radius 2 is 2.24 bits per heavy atom. The number of aliphatic hydroxyl groups is 1. The highest BCUT2D eigenvalue weighted by Crippen LogP contribution is 2.30. The molecule has 0 fully saturated rings. The normalized spacial score (nSPS) is 10.6. The zero-order valence-corrected chi connectivity index (χ0v) is 9.70. The predicted octanol–water partition coefficient (Wildman–Crippen LogP) is 0.174. The van der Waals surface area contributed by atoms with Crippen LogP contribution in [-0.2, 0) is 0 Å². The maximum atomic E-state index is 10.9. The molecule has 0 spiro atoms. The molecule has 0 aliphatic carbocycles. The van der Waals surface area contributed by atoms with E-state index < -0.39 is 4.92 Å². The summed E-state index contributed by atoms with van der Waals surface area (Å²) in [6.45, 7) is 3.81. The van der Waals surface area contributed by atoms with E-state index in [4.69, 9.17) is 10.8 Å². The summed E-state index contributed by atoms with van der Waals surface area (Å²) in [5.74, 6) is -0.0462. The van der Waals surface area contributed by atoms with Gasteiger partial charge < -0.3 is 15.7 Å². The molecule has 8 heteroatoms. The van der Waals surface area contributed by atoms with Crippen molar-refractivity contribution in [1.29, 1.82) is 0 Å². The van der Waals surface area contributed by atoms with E-state index in [2.05, 4.69) is 9.97 Å². The third-order valence-electron chi connectivity index (χ3n) is 2.25. The van der Waals surface area contributed by atoms with E-state index in [1.54, 1.807) is 4.90 Å². The van der Waals surface area contributed by atoms with Gasteiger partial charge in [0.1, 0.15) is 6.33 Å². The molecule has 94 valence electrons. The topological polar surface area (TPSA) is 118 Å². The van der Waals surface area contributed by atoms with Crippen LogP contribution in [0.1, 0.15) is 13.8 Å². The lowest BCUT2D eigenvalue weighted by Crippen LogP contribution is -2.34. The van der Waals surface area contributed by atoms with Crippen molar-refractivity contribution in [3.63, 3.8) is 0 Å². The summed E-state index contributed by atoms with van der Waals surface area (Å²) in [6, 6.07) is -0.0462. The summed E-state index contributed by atoms with van der Waals surface area (Å²) < 4.78 is 0. The maximum absolute atomic E-state index is 10.9. The number of nitro groups is 1. The molecule has 8 nitrogen and oxygen atoms in total. The molecule has 3 N–H and O–H groups in total. The average Bonchev–Trinajstić information content (AvgIpc) is 2.24. The van der Waals surface area contributed by atoms with Crippen LogP contribution in [0.5, 0.6) is 0 Å². The van der Waals surface area contributed by atoms with Crippen molar-refractivity contribution in [2.75, 3.05) is 23.8 Å². The number of rotatable bonds is 5. The summed E-state index contributed by atoms with van der Waals surface area (Å²) in [6.07, 6.45) is 1.17. The van der Waals surface area contributed by atoms with Gasteiger partial charge in [-0.25, -0.2) is 9.97 Å². The summed E-state index contributed by atoms with van der Waals surface area (Å²) in [4.78, 5) is 19.4. The first-order valence-corrected chi connectivity index (χ1v) is 5.11. The van der Waals surface area contributed by atoms with Gasteiger partial charge >= 0.3 is 5.69 Å². The Hall–Kier alpha value is -1.96. The molecule has 0 amide bonds. The maximum Gasteiger partial charge on any atom is 0.353 e. The number of nitrogen functional groups attached to an aromatic ring is 1. The fraction of sp³-hybridized carbons (Fsp3) is 0.556. The SMILES string of the molecule is CC(C)N(CCO)c1ncnc(N)c1[N+](=O)[O-]. The molecular weight excluding hydrogens is 226 g/mol. The van der Waals surface area contributed by atoms with E-state index in [-0.39, 0.29) is 36.5 Å². The van der Waals surface area contributed by atoms with E-state index >= 15 is 0 Å². The molecule has 0 aliphatic heterocycles. The summed E-state index contributed by atoms with van der Waals surface area (Å²) in [5.41, 5.74) is 5.15. The molecule has 1 heterocycles. The highest BCUT2D eigenvalue weighted by atomic mass is 16.6. The molecule has 0 atom stereocenters. The van der Waals surface area contributed by atoms with Crippen molar-refractivity contribution in [1.82, 2.24) is 9.97 Å². The first-order chi connectivity index (χ1) is 7.99. The molecule has 0 aliphatic rings. The van der Waals surface area contributed by atoms with E-state index in [1.165, 1.54) is 6.33 Å². The smallest absolute Gasteiger partial charge is 0.353 e. The van der Waals surface area contributed by atoms with E-state index in [0.29, 0.717) is 0 Å². The molecule has 17 heavy (non-hydrogen) atoms. The fourth-order valence-corrected chi connectivity index (χ4v) is 1.48. The minimum absolute atomic E-state index is 0.0462. The van der Waals surface area contributed by atoms with E-state index in [1.807, 2.05) is 13.8 Å². The third kappa shape index (κ3) is 2.78. The summed E-state index contributed by atoms with van der Waals surface area (Å²) in [7, 11) is 0. The van der Waals surface area contributed by atoms with E-state index in [0.717, 1.165) is 0 Å². The standard InChI is InChI=1S/C9H15N5O3/c1-6(2)13(3-4-15)9-7(14(16)17)8(10)11-5-12-9/h5-6,15H,3-4H2,1-2H3,(H2,10,11,12). The lowest BCUT2D eigenvalue weighted by molar-refractivity contribution is -0.383. The van der Waals surface area contributed by atoms with Gasteiger partial charge in [0.25, 0.3) is 0 Å². The van der Waals surface area contributed by atoms with Gasteiger partial charge in [0.2, 0.25) is 11.6 Å². The Kier molecular flexibility index (Phi) is 4.16. The monoisotopic (exact) mass is 241 g/mol. The van der Waals surface area contributed by atoms with Gasteiger partial charge in [-0.1, -0.05) is 0 Å². The van der Waals surface area contributed by atoms with Crippen LogP contribution in [0.3, 0.4) is 0 Å². The van der Waals surface area contributed by atoms with Gasteiger partial charge in [-0.2, -0.15) is 0 Å². The molecule has 1 rings (SSSR count). The summed E-state index contributed by atoms with van der Waals surface area (Å²) >= 11 is 0. The fourth-order valence-electron chi connectivity index (χ4n) is 1.48. The van der Waals surface area contributed by atoms with Gasteiger partial charge in [-0.3, -0.25) is 10.1 Å². The number of nitrogens with zero attached hydrogens (tertiary/aromatic N) is 4. The van der Waals surface area contributed by atoms with Crippen LogP contribution in [0.2, 0.25) is 0 Å². The number of nitrogens with two attached hydrogens (primary N) is 1. The molecule has 1 aromatic heterocycles. The highest BCUT2D eigenvalue weighted by molar-refractivity contribution is 5.68. The van der Waals surface area contributed by atoms with Crippen molar-refractivity contribution < 1.29 is 10.0 Å². The number of hydrogen-bond acceptors (Lipinski definition) is 7. The highest BCUT2D eigenvalue weighted by Gasteiger charge is 2.26. The quantitative estimate of drug-likeness (QED) is 0.557. The lowest BCUT2D eigenvalue weighted by Gasteiger charge is -2.26. The average molecular weight is 241 g/mol. The second kappa shape index (κ2) is 5.39. The molecule has 0 saturated carbocycles. The van der Waals surface area contributed by atoms with Crippen LogP contribution in [0, 0.1) is 10.1 Å². The molecule has 0 radical (unpaired) electrons. The van der Waals surface area contributed by atoms with Gasteiger partial charge in [-0.15, -0.1) is 0 Å². The van der Waals surface area contributed by atoms with Crippen LogP contribution in [0.25, 0.3) is 0 Å². The Morgan fingerprint density at radius 1 is 1.59 bits per heavy atom. The zero-order chi connectivity index (χ0) is 13.0. The predicted molar refractivity (Wildman–Crippen MR) is 62.7 cm³/mol. The first-order valence-electron chi connectivity index (χ1n) is 5.11. The minimum atomic E-state index is -0.614. The third-order valence-corrected chi connectivity index (χ3v) is 2.25. The van der Waals surface area contributed by atoms with Crippen LogP contribution in [0.15, 0.2) is 6.33 Å². The zero-order valence-electron chi connectivity index (χ0n) is 9.70. The van der Waals surface area contributed by atoms with Crippen LogP contribution in [0.4, 0.5) is 17.3 Å². The lowest BCUT2D eigenvalue weighted by atomic mass is 10.3. The Bertz CT molecular complexity index is 410. The van der Waals surface area contributed by atoms with Crippen LogP contribution in [-0.4, -0.2) is 39.2 Å². The Morgan fingerprint density at radius 3 is 2.71 bits per heavy atom. The van der Waals surface area contributed by atoms with Gasteiger partial charge in [0.05, 0.1) is 11.5 Å². The van der Waals surface area contributed by atoms with Crippen molar-refractivity contribution in [3.8, 4) is 0 Å². The van der Waals surface area contributed by atoms with Gasteiger partial charge in [0, 0.05) is 12.6 Å². The van der Waals surface area contributed by atoms with Crippen molar-refractivity contribution >= 4 is 17.3 Å². The van der Waals surface area contributed by atoms with Crippen molar-refractivity contribution in [3.05, 3.63) is 16.4 Å². The summed E-state index contributed by atoms with van der Waals surface area (Å²) in [5, 5.41) is 19.9. The Balaban J connectivity index is 3.27. The molecule has 0 unspecified atom stereocenters.